The summed E-state index contributed by atoms with van der Waals surface area (Å²) in [5, 5.41) is 8.94. The van der Waals surface area contributed by atoms with Crippen LogP contribution in [0.3, 0.4) is 0 Å². The average molecular weight is 625 g/mol. The molecule has 0 saturated carbocycles. The summed E-state index contributed by atoms with van der Waals surface area (Å²) in [6, 6.07) is 27.6. The lowest BCUT2D eigenvalue weighted by atomic mass is 10.1. The molecule has 4 aromatic carbocycles. The van der Waals surface area contributed by atoms with Crippen LogP contribution in [0.4, 0.5) is 11.4 Å². The number of halogens is 3. The van der Waals surface area contributed by atoms with Gasteiger partial charge in [-0.2, -0.15) is 0 Å². The molecule has 4 aromatic rings. The molecular weight excluding hydrogens is 601 g/mol. The number of carbonyl (C=O) groups is 3. The van der Waals surface area contributed by atoms with Gasteiger partial charge >= 0.3 is 0 Å². The molecule has 0 fully saturated rings. The highest BCUT2D eigenvalue weighted by atomic mass is 35.5. The third-order valence-electron chi connectivity index (χ3n) is 5.67. The Hall–Kier alpha value is -3.75. The zero-order valence-corrected chi connectivity index (χ0v) is 24.7. The van der Waals surface area contributed by atoms with E-state index in [0.717, 1.165) is 4.90 Å². The maximum absolute atomic E-state index is 13.4. The second-order valence-electron chi connectivity index (χ2n) is 8.77. The first-order valence-corrected chi connectivity index (χ1v) is 14.4. The molecule has 0 saturated heterocycles. The topological polar surface area (TPSA) is 87.3 Å². The highest BCUT2D eigenvalue weighted by molar-refractivity contribution is 8.00. The standard InChI is InChI=1S/C31H24Cl3N3O3S/c1-19(29(38)36-26-15-7-14-25(33)28(26)34)41-24-13-6-12-23(18-24)35-31(40)27(17-20-8-5-11-22(32)16-20)37-30(39)21-9-3-2-4-10-21/h2-19H,1H3,(H,35,40)(H,36,38)(H,37,39)/b27-17-. The van der Waals surface area contributed by atoms with E-state index in [0.29, 0.717) is 32.5 Å². The zero-order valence-electron chi connectivity index (χ0n) is 21.7. The van der Waals surface area contributed by atoms with Gasteiger partial charge in [-0.3, -0.25) is 14.4 Å². The van der Waals surface area contributed by atoms with Crippen molar-refractivity contribution in [3.63, 3.8) is 0 Å². The van der Waals surface area contributed by atoms with Crippen LogP contribution < -0.4 is 16.0 Å². The lowest BCUT2D eigenvalue weighted by molar-refractivity contribution is -0.115. The fourth-order valence-electron chi connectivity index (χ4n) is 3.64. The summed E-state index contributed by atoms with van der Waals surface area (Å²) in [6.07, 6.45) is 1.55. The normalized spacial score (nSPS) is 11.9. The second kappa shape index (κ2) is 14.2. The Labute approximate surface area is 257 Å². The van der Waals surface area contributed by atoms with Crippen molar-refractivity contribution in [3.05, 3.63) is 129 Å². The monoisotopic (exact) mass is 623 g/mol. The molecule has 0 aliphatic heterocycles. The van der Waals surface area contributed by atoms with E-state index in [1.807, 2.05) is 6.07 Å². The number of rotatable bonds is 9. The molecule has 0 bridgehead atoms. The lowest BCUT2D eigenvalue weighted by Crippen LogP contribution is -2.30. The summed E-state index contributed by atoms with van der Waals surface area (Å²) in [4.78, 5) is 39.8. The maximum atomic E-state index is 13.4. The molecule has 0 aliphatic carbocycles. The van der Waals surface area contributed by atoms with E-state index in [9.17, 15) is 14.4 Å². The molecule has 0 heterocycles. The fourth-order valence-corrected chi connectivity index (χ4v) is 5.12. The van der Waals surface area contributed by atoms with Crippen LogP contribution in [0.2, 0.25) is 15.1 Å². The second-order valence-corrected chi connectivity index (χ2v) is 11.4. The van der Waals surface area contributed by atoms with Crippen LogP contribution in [0, 0.1) is 0 Å². The molecule has 3 amide bonds. The number of nitrogens with one attached hydrogen (secondary N) is 3. The molecule has 0 aliphatic rings. The SMILES string of the molecule is CC(Sc1cccc(NC(=O)/C(=C/c2cccc(Cl)c2)NC(=O)c2ccccc2)c1)C(=O)Nc1cccc(Cl)c1Cl. The maximum Gasteiger partial charge on any atom is 0.272 e. The number of thioether (sulfide) groups is 1. The molecule has 41 heavy (non-hydrogen) atoms. The minimum atomic E-state index is -0.530. The van der Waals surface area contributed by atoms with E-state index < -0.39 is 17.1 Å². The molecule has 0 aromatic heterocycles. The smallest absolute Gasteiger partial charge is 0.272 e. The van der Waals surface area contributed by atoms with Gasteiger partial charge in [0.2, 0.25) is 5.91 Å². The predicted molar refractivity (Wildman–Crippen MR) is 169 cm³/mol. The van der Waals surface area contributed by atoms with Crippen LogP contribution in [0.15, 0.2) is 108 Å². The Bertz CT molecular complexity index is 1610. The Balaban J connectivity index is 1.48. The number of hydrogen-bond donors (Lipinski definition) is 3. The van der Waals surface area contributed by atoms with E-state index >= 15 is 0 Å². The van der Waals surface area contributed by atoms with Gasteiger partial charge in [0.1, 0.15) is 5.70 Å². The van der Waals surface area contributed by atoms with Crippen molar-refractivity contribution >= 4 is 81.7 Å². The third kappa shape index (κ3) is 8.62. The van der Waals surface area contributed by atoms with E-state index in [-0.39, 0.29) is 16.6 Å². The molecule has 0 spiro atoms. The van der Waals surface area contributed by atoms with Crippen LogP contribution in [0.1, 0.15) is 22.8 Å². The van der Waals surface area contributed by atoms with Gasteiger partial charge in [0, 0.05) is 21.2 Å². The van der Waals surface area contributed by atoms with Gasteiger partial charge in [-0.05, 0) is 73.2 Å². The van der Waals surface area contributed by atoms with Crippen LogP contribution in [0.5, 0.6) is 0 Å². The Morgan fingerprint density at radius 1 is 0.805 bits per heavy atom. The molecule has 0 radical (unpaired) electrons. The van der Waals surface area contributed by atoms with Gasteiger partial charge in [0.05, 0.1) is 21.0 Å². The van der Waals surface area contributed by atoms with Crippen molar-refractivity contribution in [3.8, 4) is 0 Å². The van der Waals surface area contributed by atoms with Gasteiger partial charge in [-0.25, -0.2) is 0 Å². The first kappa shape index (κ1) is 30.2. The average Bonchev–Trinajstić information content (AvgIpc) is 2.95. The highest BCUT2D eigenvalue weighted by Crippen LogP contribution is 2.31. The molecule has 4 rings (SSSR count). The summed E-state index contributed by atoms with van der Waals surface area (Å²) >= 11 is 19.7. The zero-order chi connectivity index (χ0) is 29.4. The number of carbonyl (C=O) groups excluding carboxylic acids is 3. The first-order chi connectivity index (χ1) is 19.7. The van der Waals surface area contributed by atoms with Gasteiger partial charge in [0.25, 0.3) is 11.8 Å². The van der Waals surface area contributed by atoms with Crippen LogP contribution in [-0.2, 0) is 9.59 Å². The minimum absolute atomic E-state index is 0.0327. The molecule has 6 nitrogen and oxygen atoms in total. The number of benzene rings is 4. The van der Waals surface area contributed by atoms with E-state index in [1.165, 1.54) is 11.8 Å². The van der Waals surface area contributed by atoms with Crippen LogP contribution >= 0.6 is 46.6 Å². The van der Waals surface area contributed by atoms with Gasteiger partial charge in [0.15, 0.2) is 0 Å². The summed E-state index contributed by atoms with van der Waals surface area (Å²) in [5.41, 5.74) is 1.98. The first-order valence-electron chi connectivity index (χ1n) is 12.4. The van der Waals surface area contributed by atoms with Crippen LogP contribution in [-0.4, -0.2) is 23.0 Å². The Kier molecular flexibility index (Phi) is 10.5. The van der Waals surface area contributed by atoms with Crippen molar-refractivity contribution < 1.29 is 14.4 Å². The third-order valence-corrected chi connectivity index (χ3v) is 7.82. The predicted octanol–water partition coefficient (Wildman–Crippen LogP) is 8.18. The van der Waals surface area contributed by atoms with E-state index in [1.54, 1.807) is 104 Å². The van der Waals surface area contributed by atoms with Gasteiger partial charge < -0.3 is 16.0 Å². The molecular formula is C31H24Cl3N3O3S. The lowest BCUT2D eigenvalue weighted by Gasteiger charge is -2.15. The number of amides is 3. The summed E-state index contributed by atoms with van der Waals surface area (Å²) in [6.45, 7) is 1.76. The summed E-state index contributed by atoms with van der Waals surface area (Å²) in [5.74, 6) is -1.22. The number of anilines is 2. The number of hydrogen-bond acceptors (Lipinski definition) is 4. The molecule has 10 heteroatoms. The van der Waals surface area contributed by atoms with Crippen molar-refractivity contribution in [2.45, 2.75) is 17.1 Å². The van der Waals surface area contributed by atoms with E-state index in [4.69, 9.17) is 34.8 Å². The van der Waals surface area contributed by atoms with E-state index in [2.05, 4.69) is 16.0 Å². The van der Waals surface area contributed by atoms with Crippen molar-refractivity contribution in [2.75, 3.05) is 10.6 Å². The van der Waals surface area contributed by atoms with Crippen molar-refractivity contribution in [2.24, 2.45) is 0 Å². The largest absolute Gasteiger partial charge is 0.324 e. The molecule has 1 unspecified atom stereocenters. The minimum Gasteiger partial charge on any atom is -0.324 e. The van der Waals surface area contributed by atoms with Gasteiger partial charge in [-0.15, -0.1) is 11.8 Å². The Morgan fingerprint density at radius 3 is 2.29 bits per heavy atom. The van der Waals surface area contributed by atoms with Gasteiger partial charge in [-0.1, -0.05) is 77.3 Å². The van der Waals surface area contributed by atoms with Crippen molar-refractivity contribution in [1.82, 2.24) is 5.32 Å². The molecule has 3 N–H and O–H groups in total. The summed E-state index contributed by atoms with van der Waals surface area (Å²) < 4.78 is 0. The summed E-state index contributed by atoms with van der Waals surface area (Å²) in [7, 11) is 0. The van der Waals surface area contributed by atoms with Crippen molar-refractivity contribution in [1.29, 1.82) is 0 Å². The van der Waals surface area contributed by atoms with Crippen LogP contribution in [0.25, 0.3) is 6.08 Å². The Morgan fingerprint density at radius 2 is 1.54 bits per heavy atom. The molecule has 208 valence electrons. The quantitative estimate of drug-likeness (QED) is 0.129. The fraction of sp³-hybridized carbons (Fsp3) is 0.0645. The highest BCUT2D eigenvalue weighted by Gasteiger charge is 2.18. The molecule has 1 atom stereocenters.